The maximum atomic E-state index is 5.65. The van der Waals surface area contributed by atoms with Gasteiger partial charge in [-0.05, 0) is 36.8 Å². The van der Waals surface area contributed by atoms with Crippen LogP contribution in [0, 0.1) is 5.41 Å². The van der Waals surface area contributed by atoms with Gasteiger partial charge in [0.2, 0.25) is 0 Å². The topological polar surface area (TPSA) is 52.8 Å². The highest BCUT2D eigenvalue weighted by atomic mass is 16.5. The van der Waals surface area contributed by atoms with Gasteiger partial charge in [0.05, 0.1) is 18.7 Å². The van der Waals surface area contributed by atoms with Crippen LogP contribution in [0.4, 0.5) is 0 Å². The predicted octanol–water partition coefficient (Wildman–Crippen LogP) is 2.96. The molecule has 104 valence electrons. The minimum Gasteiger partial charge on any atom is -0.464 e. The third-order valence-corrected chi connectivity index (χ3v) is 3.83. The van der Waals surface area contributed by atoms with Gasteiger partial charge < -0.3 is 4.74 Å². The second-order valence-corrected chi connectivity index (χ2v) is 5.32. The summed E-state index contributed by atoms with van der Waals surface area (Å²) in [6.45, 7) is 2.22. The Balaban J connectivity index is 1.71. The Morgan fingerprint density at radius 1 is 1.40 bits per heavy atom. The Labute approximate surface area is 118 Å². The quantitative estimate of drug-likeness (QED) is 0.784. The lowest BCUT2D eigenvalue weighted by atomic mass is 10.1. The van der Waals surface area contributed by atoms with Crippen LogP contribution in [0.1, 0.15) is 26.2 Å². The number of aromatic nitrogens is 4. The summed E-state index contributed by atoms with van der Waals surface area (Å²) >= 11 is 0. The third-order valence-electron chi connectivity index (χ3n) is 3.83. The standard InChI is InChI=1S/C15H18N4O/c1-3-15(4-5-15)6-7-20-13-8-12(9-16-10-13)14-11-19(2)18-17-14/h6-11H,3-5H2,1-2H3. The highest BCUT2D eigenvalue weighted by Crippen LogP contribution is 2.49. The van der Waals surface area contributed by atoms with Gasteiger partial charge in [-0.2, -0.15) is 0 Å². The molecule has 1 aliphatic carbocycles. The van der Waals surface area contributed by atoms with E-state index in [0.717, 1.165) is 17.0 Å². The molecule has 0 aliphatic heterocycles. The molecule has 0 amide bonds. The molecule has 0 atom stereocenters. The average Bonchev–Trinajstić information content (AvgIpc) is 3.12. The lowest BCUT2D eigenvalue weighted by Crippen LogP contribution is -1.93. The summed E-state index contributed by atoms with van der Waals surface area (Å²) < 4.78 is 7.32. The molecule has 1 aliphatic rings. The van der Waals surface area contributed by atoms with Gasteiger partial charge in [-0.3, -0.25) is 9.67 Å². The molecule has 1 fully saturated rings. The van der Waals surface area contributed by atoms with Gasteiger partial charge in [0, 0.05) is 18.8 Å². The van der Waals surface area contributed by atoms with Crippen molar-refractivity contribution in [3.8, 4) is 17.0 Å². The van der Waals surface area contributed by atoms with E-state index in [-0.39, 0.29) is 0 Å². The SMILES string of the molecule is CCC1(C=COc2cncc(-c3cn(C)nn3)c2)CC1. The van der Waals surface area contributed by atoms with E-state index in [4.69, 9.17) is 4.74 Å². The summed E-state index contributed by atoms with van der Waals surface area (Å²) in [7, 11) is 1.84. The monoisotopic (exact) mass is 270 g/mol. The zero-order valence-electron chi connectivity index (χ0n) is 11.8. The Bertz CT molecular complexity index is 628. The normalized spacial score (nSPS) is 16.5. The molecule has 5 heteroatoms. The molecule has 3 rings (SSSR count). The van der Waals surface area contributed by atoms with E-state index < -0.39 is 0 Å². The largest absolute Gasteiger partial charge is 0.464 e. The van der Waals surface area contributed by atoms with Crippen molar-refractivity contribution in [3.05, 3.63) is 37.0 Å². The molecule has 0 bridgehead atoms. The van der Waals surface area contributed by atoms with Crippen LogP contribution in [0.15, 0.2) is 37.0 Å². The van der Waals surface area contributed by atoms with Crippen LogP contribution in [-0.4, -0.2) is 20.0 Å². The van der Waals surface area contributed by atoms with Gasteiger partial charge in [0.1, 0.15) is 11.4 Å². The minimum atomic E-state index is 0.385. The second-order valence-electron chi connectivity index (χ2n) is 5.32. The summed E-state index contributed by atoms with van der Waals surface area (Å²) in [4.78, 5) is 4.19. The van der Waals surface area contributed by atoms with Gasteiger partial charge in [0.15, 0.2) is 0 Å². The van der Waals surface area contributed by atoms with Crippen molar-refractivity contribution < 1.29 is 4.74 Å². The van der Waals surface area contributed by atoms with E-state index >= 15 is 0 Å². The second kappa shape index (κ2) is 5.07. The molecule has 20 heavy (non-hydrogen) atoms. The number of ether oxygens (including phenoxy) is 1. The van der Waals surface area contributed by atoms with Crippen molar-refractivity contribution in [2.24, 2.45) is 12.5 Å². The maximum Gasteiger partial charge on any atom is 0.145 e. The number of allylic oxidation sites excluding steroid dienone is 1. The predicted molar refractivity (Wildman–Crippen MR) is 76.0 cm³/mol. The fourth-order valence-corrected chi connectivity index (χ4v) is 2.16. The molecule has 0 unspecified atom stereocenters. The van der Waals surface area contributed by atoms with Crippen LogP contribution in [-0.2, 0) is 7.05 Å². The summed E-state index contributed by atoms with van der Waals surface area (Å²) in [5, 5.41) is 7.99. The molecule has 2 heterocycles. The van der Waals surface area contributed by atoms with Gasteiger partial charge in [-0.15, -0.1) is 5.10 Å². The van der Waals surface area contributed by atoms with Crippen molar-refractivity contribution in [2.45, 2.75) is 26.2 Å². The van der Waals surface area contributed by atoms with Crippen LogP contribution < -0.4 is 4.74 Å². The molecular weight excluding hydrogens is 252 g/mol. The first kappa shape index (κ1) is 12.8. The highest BCUT2D eigenvalue weighted by Gasteiger charge is 2.37. The van der Waals surface area contributed by atoms with E-state index in [1.807, 2.05) is 19.3 Å². The third kappa shape index (κ3) is 2.71. The zero-order valence-corrected chi connectivity index (χ0v) is 11.8. The van der Waals surface area contributed by atoms with Crippen molar-refractivity contribution in [2.75, 3.05) is 0 Å². The van der Waals surface area contributed by atoms with Crippen molar-refractivity contribution in [3.63, 3.8) is 0 Å². The van der Waals surface area contributed by atoms with E-state index in [0.29, 0.717) is 5.41 Å². The Morgan fingerprint density at radius 3 is 2.90 bits per heavy atom. The number of rotatable bonds is 5. The number of hydrogen-bond acceptors (Lipinski definition) is 4. The van der Waals surface area contributed by atoms with E-state index in [1.165, 1.54) is 19.3 Å². The lowest BCUT2D eigenvalue weighted by molar-refractivity contribution is 0.465. The number of pyridine rings is 1. The van der Waals surface area contributed by atoms with E-state index in [9.17, 15) is 0 Å². The average molecular weight is 270 g/mol. The molecule has 0 radical (unpaired) electrons. The molecule has 0 aromatic carbocycles. The van der Waals surface area contributed by atoms with Gasteiger partial charge in [0.25, 0.3) is 0 Å². The number of aryl methyl sites for hydroxylation is 1. The van der Waals surface area contributed by atoms with Crippen LogP contribution >= 0.6 is 0 Å². The smallest absolute Gasteiger partial charge is 0.145 e. The molecule has 0 saturated heterocycles. The van der Waals surface area contributed by atoms with Crippen molar-refractivity contribution in [1.29, 1.82) is 0 Å². The summed E-state index contributed by atoms with van der Waals surface area (Å²) in [5.74, 6) is 0.719. The van der Waals surface area contributed by atoms with E-state index in [2.05, 4.69) is 28.3 Å². The minimum absolute atomic E-state index is 0.385. The van der Waals surface area contributed by atoms with E-state index in [1.54, 1.807) is 23.3 Å². The summed E-state index contributed by atoms with van der Waals surface area (Å²) in [6, 6.07) is 1.92. The Morgan fingerprint density at radius 2 is 2.25 bits per heavy atom. The van der Waals surface area contributed by atoms with Gasteiger partial charge in [-0.25, -0.2) is 0 Å². The molecule has 2 aromatic heterocycles. The molecule has 2 aromatic rings. The Hall–Kier alpha value is -2.17. The van der Waals surface area contributed by atoms with Gasteiger partial charge in [-0.1, -0.05) is 12.1 Å². The maximum absolute atomic E-state index is 5.65. The molecule has 5 nitrogen and oxygen atoms in total. The number of nitrogens with zero attached hydrogens (tertiary/aromatic N) is 4. The highest BCUT2D eigenvalue weighted by molar-refractivity contribution is 5.58. The fourth-order valence-electron chi connectivity index (χ4n) is 2.16. The van der Waals surface area contributed by atoms with Crippen LogP contribution in [0.2, 0.25) is 0 Å². The van der Waals surface area contributed by atoms with Crippen molar-refractivity contribution >= 4 is 0 Å². The van der Waals surface area contributed by atoms with Crippen LogP contribution in [0.5, 0.6) is 5.75 Å². The van der Waals surface area contributed by atoms with Crippen molar-refractivity contribution in [1.82, 2.24) is 20.0 Å². The van der Waals surface area contributed by atoms with Crippen LogP contribution in [0.25, 0.3) is 11.3 Å². The molecule has 1 saturated carbocycles. The fraction of sp³-hybridized carbons (Fsp3) is 0.400. The molecular formula is C15H18N4O. The zero-order chi connectivity index (χ0) is 14.0. The molecule has 0 spiro atoms. The first-order valence-electron chi connectivity index (χ1n) is 6.87. The molecule has 0 N–H and O–H groups in total. The lowest BCUT2D eigenvalue weighted by Gasteiger charge is -2.05. The Kier molecular flexibility index (Phi) is 3.26. The number of hydrogen-bond donors (Lipinski definition) is 0. The summed E-state index contributed by atoms with van der Waals surface area (Å²) in [6.07, 6.45) is 13.0. The van der Waals surface area contributed by atoms with Crippen LogP contribution in [0.3, 0.4) is 0 Å². The first-order chi connectivity index (χ1) is 9.71. The summed E-state index contributed by atoms with van der Waals surface area (Å²) in [5.41, 5.74) is 2.08. The van der Waals surface area contributed by atoms with Gasteiger partial charge >= 0.3 is 0 Å². The first-order valence-corrected chi connectivity index (χ1v) is 6.87.